The number of anilines is 1. The first kappa shape index (κ1) is 23.0. The molecule has 0 bridgehead atoms. The molecule has 2 aromatic rings. The van der Waals surface area contributed by atoms with Crippen molar-refractivity contribution < 1.29 is 41.0 Å². The van der Waals surface area contributed by atoms with Gasteiger partial charge in [-0.1, -0.05) is 12.1 Å². The van der Waals surface area contributed by atoms with Crippen molar-refractivity contribution in [2.24, 2.45) is 0 Å². The molecule has 0 saturated carbocycles. The Hall–Kier alpha value is -3.26. The second-order valence-corrected chi connectivity index (χ2v) is 6.38. The molecule has 0 aliphatic rings. The zero-order chi connectivity index (χ0) is 22.7. The summed E-state index contributed by atoms with van der Waals surface area (Å²) in [5.74, 6) is -1.85. The molecular weight excluding hydrogens is 418 g/mol. The Morgan fingerprint density at radius 3 is 2.23 bits per heavy atom. The maximum Gasteiger partial charge on any atom is 0.419 e. The minimum absolute atomic E-state index is 0.373. The highest BCUT2D eigenvalue weighted by Gasteiger charge is 2.37. The third kappa shape index (κ3) is 5.42. The molecule has 0 spiro atoms. The van der Waals surface area contributed by atoms with E-state index in [2.05, 4.69) is 0 Å². The monoisotopic (exact) mass is 432 g/mol. The van der Waals surface area contributed by atoms with Gasteiger partial charge < -0.3 is 15.2 Å². The number of alkyl halides is 6. The van der Waals surface area contributed by atoms with Crippen LogP contribution in [0, 0.1) is 11.3 Å². The summed E-state index contributed by atoms with van der Waals surface area (Å²) in [6.07, 6.45) is -9.60. The van der Waals surface area contributed by atoms with E-state index in [1.54, 1.807) is 0 Å². The van der Waals surface area contributed by atoms with Gasteiger partial charge in [0.15, 0.2) is 5.60 Å². The highest BCUT2D eigenvalue weighted by atomic mass is 19.4. The Bertz CT molecular complexity index is 977. The number of halogens is 6. The van der Waals surface area contributed by atoms with Gasteiger partial charge in [-0.2, -0.15) is 31.6 Å². The lowest BCUT2D eigenvalue weighted by Crippen LogP contribution is -2.45. The zero-order valence-electron chi connectivity index (χ0n) is 15.2. The van der Waals surface area contributed by atoms with Gasteiger partial charge in [-0.3, -0.25) is 4.79 Å². The Kier molecular flexibility index (Phi) is 6.32. The number of benzene rings is 2. The smallest absolute Gasteiger partial charge is 0.419 e. The molecule has 1 atom stereocenters. The number of nitrogens with zero attached hydrogens (tertiary/aromatic N) is 1. The maximum absolute atomic E-state index is 13.0. The quantitative estimate of drug-likeness (QED) is 0.688. The Morgan fingerprint density at radius 1 is 1.07 bits per heavy atom. The number of nitriles is 1. The molecular formula is C19H14F6N2O3. The lowest BCUT2D eigenvalue weighted by Gasteiger charge is -2.24. The van der Waals surface area contributed by atoms with Gasteiger partial charge in [0.2, 0.25) is 0 Å². The summed E-state index contributed by atoms with van der Waals surface area (Å²) in [6.45, 7) is 0.0151. The molecule has 5 nitrogen and oxygen atoms in total. The summed E-state index contributed by atoms with van der Waals surface area (Å²) in [6, 6.07) is 7.86. The van der Waals surface area contributed by atoms with E-state index in [-0.39, 0.29) is 5.69 Å². The van der Waals surface area contributed by atoms with E-state index in [0.717, 1.165) is 37.3 Å². The number of carbonyl (C=O) groups excluding carboxylic acids is 1. The van der Waals surface area contributed by atoms with Gasteiger partial charge in [0.25, 0.3) is 5.91 Å². The van der Waals surface area contributed by atoms with E-state index in [0.29, 0.717) is 6.07 Å². The number of nitrogens with one attached hydrogen (secondary N) is 1. The van der Waals surface area contributed by atoms with Gasteiger partial charge in [-0.25, -0.2) is 0 Å². The molecule has 0 fully saturated rings. The van der Waals surface area contributed by atoms with Crippen LogP contribution < -0.4 is 10.1 Å². The number of para-hydroxylation sites is 1. The highest BCUT2D eigenvalue weighted by molar-refractivity contribution is 5.97. The first-order valence-electron chi connectivity index (χ1n) is 8.20. The Labute approximate surface area is 166 Å². The first-order valence-corrected chi connectivity index (χ1v) is 8.20. The average molecular weight is 432 g/mol. The Balaban J connectivity index is 2.17. The molecule has 0 aliphatic heterocycles. The van der Waals surface area contributed by atoms with Crippen LogP contribution in [0.25, 0.3) is 0 Å². The number of rotatable bonds is 5. The lowest BCUT2D eigenvalue weighted by atomic mass is 10.0. The number of aliphatic hydroxyl groups is 1. The van der Waals surface area contributed by atoms with Crippen molar-refractivity contribution in [1.82, 2.24) is 0 Å². The van der Waals surface area contributed by atoms with E-state index in [1.807, 2.05) is 5.32 Å². The standard InChI is InChI=1S/C19H14F6N2O3/c1-17(29,10-30-15-5-3-2-4-13(15)18(20,21)22)16(28)27-12-7-6-11(9-26)14(8-12)19(23,24)25/h2-8,29H,10H2,1H3,(H,27,28). The number of amides is 1. The van der Waals surface area contributed by atoms with Crippen LogP contribution in [0.2, 0.25) is 0 Å². The summed E-state index contributed by atoms with van der Waals surface area (Å²) in [4.78, 5) is 12.2. The fourth-order valence-corrected chi connectivity index (χ4v) is 2.33. The SMILES string of the molecule is CC(O)(COc1ccccc1C(F)(F)F)C(=O)Nc1ccc(C#N)c(C(F)(F)F)c1. The predicted octanol–water partition coefficient (Wildman–Crippen LogP) is 4.36. The normalized spacial score (nSPS) is 13.8. The van der Waals surface area contributed by atoms with Gasteiger partial charge in [0.1, 0.15) is 12.4 Å². The molecule has 0 radical (unpaired) electrons. The van der Waals surface area contributed by atoms with Crippen molar-refractivity contribution >= 4 is 11.6 Å². The van der Waals surface area contributed by atoms with E-state index in [1.165, 1.54) is 12.1 Å². The van der Waals surface area contributed by atoms with Gasteiger partial charge in [-0.15, -0.1) is 0 Å². The second kappa shape index (κ2) is 8.23. The maximum atomic E-state index is 13.0. The summed E-state index contributed by atoms with van der Waals surface area (Å²) in [5, 5.41) is 21.0. The van der Waals surface area contributed by atoms with Gasteiger partial charge in [0, 0.05) is 5.69 Å². The van der Waals surface area contributed by atoms with Crippen molar-refractivity contribution in [3.63, 3.8) is 0 Å². The van der Waals surface area contributed by atoms with Crippen molar-refractivity contribution in [3.05, 3.63) is 59.2 Å². The third-order valence-corrected chi connectivity index (χ3v) is 3.89. The van der Waals surface area contributed by atoms with Crippen LogP contribution >= 0.6 is 0 Å². The topological polar surface area (TPSA) is 82.3 Å². The second-order valence-electron chi connectivity index (χ2n) is 6.38. The molecule has 30 heavy (non-hydrogen) atoms. The summed E-state index contributed by atoms with van der Waals surface area (Å²) in [7, 11) is 0. The minimum Gasteiger partial charge on any atom is -0.489 e. The average Bonchev–Trinajstić information content (AvgIpc) is 2.65. The van der Waals surface area contributed by atoms with Crippen LogP contribution in [0.3, 0.4) is 0 Å². The molecule has 160 valence electrons. The van der Waals surface area contributed by atoms with E-state index in [4.69, 9.17) is 10.00 Å². The highest BCUT2D eigenvalue weighted by Crippen LogP contribution is 2.36. The van der Waals surface area contributed by atoms with Crippen molar-refractivity contribution in [1.29, 1.82) is 5.26 Å². The van der Waals surface area contributed by atoms with Crippen molar-refractivity contribution in [2.75, 3.05) is 11.9 Å². The Morgan fingerprint density at radius 2 is 1.67 bits per heavy atom. The number of ether oxygens (including phenoxy) is 1. The summed E-state index contributed by atoms with van der Waals surface area (Å²) in [5.41, 5.74) is -5.84. The summed E-state index contributed by atoms with van der Waals surface area (Å²) >= 11 is 0. The third-order valence-electron chi connectivity index (χ3n) is 3.89. The molecule has 0 aromatic heterocycles. The van der Waals surface area contributed by atoms with E-state index >= 15 is 0 Å². The van der Waals surface area contributed by atoms with E-state index < -0.39 is 52.9 Å². The number of carbonyl (C=O) groups is 1. The van der Waals surface area contributed by atoms with Crippen molar-refractivity contribution in [3.8, 4) is 11.8 Å². The van der Waals surface area contributed by atoms with Crippen LogP contribution in [0.5, 0.6) is 5.75 Å². The fourth-order valence-electron chi connectivity index (χ4n) is 2.33. The van der Waals surface area contributed by atoms with Gasteiger partial charge >= 0.3 is 12.4 Å². The van der Waals surface area contributed by atoms with Crippen LogP contribution in [-0.4, -0.2) is 23.2 Å². The summed E-state index contributed by atoms with van der Waals surface area (Å²) < 4.78 is 82.9. The minimum atomic E-state index is -4.86. The van der Waals surface area contributed by atoms with Gasteiger partial charge in [0.05, 0.1) is 22.8 Å². The largest absolute Gasteiger partial charge is 0.489 e. The van der Waals surface area contributed by atoms with E-state index in [9.17, 15) is 36.2 Å². The fraction of sp³-hybridized carbons (Fsp3) is 0.263. The predicted molar refractivity (Wildman–Crippen MR) is 92.4 cm³/mol. The molecule has 2 rings (SSSR count). The van der Waals surface area contributed by atoms with Gasteiger partial charge in [-0.05, 0) is 37.3 Å². The lowest BCUT2D eigenvalue weighted by molar-refractivity contribution is -0.141. The van der Waals surface area contributed by atoms with Crippen LogP contribution in [-0.2, 0) is 17.1 Å². The molecule has 2 N–H and O–H groups in total. The van der Waals surface area contributed by atoms with Crippen LogP contribution in [0.15, 0.2) is 42.5 Å². The number of hydrogen-bond acceptors (Lipinski definition) is 4. The molecule has 0 aliphatic carbocycles. The molecule has 1 unspecified atom stereocenters. The molecule has 0 saturated heterocycles. The molecule has 0 heterocycles. The number of hydrogen-bond donors (Lipinski definition) is 2. The van der Waals surface area contributed by atoms with Crippen molar-refractivity contribution in [2.45, 2.75) is 24.9 Å². The molecule has 11 heteroatoms. The molecule has 2 aromatic carbocycles. The van der Waals surface area contributed by atoms with Crippen LogP contribution in [0.4, 0.5) is 32.0 Å². The first-order chi connectivity index (χ1) is 13.8. The molecule has 1 amide bonds. The van der Waals surface area contributed by atoms with Crippen LogP contribution in [0.1, 0.15) is 23.6 Å². The zero-order valence-corrected chi connectivity index (χ0v) is 15.2.